The number of carbonyl (C=O) groups is 1. The lowest BCUT2D eigenvalue weighted by molar-refractivity contribution is -0.274. The molecule has 11 heteroatoms. The van der Waals surface area contributed by atoms with Crippen LogP contribution in [0, 0.1) is 6.92 Å². The molecule has 0 amide bonds. The summed E-state index contributed by atoms with van der Waals surface area (Å²) in [4.78, 5) is 18.6. The number of hydrogen-bond acceptors (Lipinski definition) is 7. The van der Waals surface area contributed by atoms with Crippen LogP contribution in [0.4, 0.5) is 18.9 Å². The van der Waals surface area contributed by atoms with E-state index in [9.17, 15) is 18.0 Å². The smallest absolute Gasteiger partial charge is 0.486 e. The number of aryl methyl sites for hydroxylation is 1. The van der Waals surface area contributed by atoms with Crippen LogP contribution in [-0.2, 0) is 11.4 Å². The van der Waals surface area contributed by atoms with Crippen molar-refractivity contribution in [3.63, 3.8) is 0 Å². The summed E-state index contributed by atoms with van der Waals surface area (Å²) < 4.78 is 53.2. The molecule has 0 spiro atoms. The van der Waals surface area contributed by atoms with Crippen LogP contribution in [0.1, 0.15) is 24.4 Å². The maximum absolute atomic E-state index is 12.7. The molecule has 0 aliphatic rings. The van der Waals surface area contributed by atoms with Crippen LogP contribution in [0.25, 0.3) is 21.7 Å². The van der Waals surface area contributed by atoms with Gasteiger partial charge in [0.05, 0.1) is 10.6 Å². The minimum absolute atomic E-state index is 0.152. The number of carboxylic acid groups (broad SMARTS) is 1. The summed E-state index contributed by atoms with van der Waals surface area (Å²) in [5.74, 6) is -0.360. The van der Waals surface area contributed by atoms with Gasteiger partial charge in [-0.1, -0.05) is 12.1 Å². The SMILES string of the molecule is CCN(CC)c1ccc(-c2nc(COc3ccc(OCC(=O)O)c(C)c3)sc2-c2ccc(OC(F)(F)F)cc2)cc1. The van der Waals surface area contributed by atoms with Crippen LogP contribution in [0.5, 0.6) is 17.2 Å². The summed E-state index contributed by atoms with van der Waals surface area (Å²) >= 11 is 1.38. The molecule has 7 nitrogen and oxygen atoms in total. The minimum Gasteiger partial charge on any atom is -0.486 e. The first-order chi connectivity index (χ1) is 19.6. The first-order valence-electron chi connectivity index (χ1n) is 12.9. The Morgan fingerprint density at radius 2 is 1.56 bits per heavy atom. The number of anilines is 1. The number of halogens is 3. The third kappa shape index (κ3) is 7.91. The third-order valence-corrected chi connectivity index (χ3v) is 7.23. The molecule has 4 rings (SSSR count). The molecule has 216 valence electrons. The zero-order chi connectivity index (χ0) is 29.6. The number of hydrogen-bond donors (Lipinski definition) is 1. The van der Waals surface area contributed by atoms with Gasteiger partial charge in [-0.05, 0) is 86.5 Å². The van der Waals surface area contributed by atoms with Crippen LogP contribution in [0.3, 0.4) is 0 Å². The van der Waals surface area contributed by atoms with Crippen LogP contribution < -0.4 is 19.1 Å². The van der Waals surface area contributed by atoms with Crippen molar-refractivity contribution in [2.45, 2.75) is 33.7 Å². The van der Waals surface area contributed by atoms with E-state index in [0.29, 0.717) is 27.8 Å². The number of aromatic nitrogens is 1. The van der Waals surface area contributed by atoms with E-state index in [4.69, 9.17) is 19.6 Å². The molecule has 0 fully saturated rings. The monoisotopic (exact) mass is 586 g/mol. The number of nitrogens with zero attached hydrogens (tertiary/aromatic N) is 2. The van der Waals surface area contributed by atoms with Gasteiger partial charge in [-0.15, -0.1) is 24.5 Å². The Morgan fingerprint density at radius 3 is 2.15 bits per heavy atom. The topological polar surface area (TPSA) is 81.1 Å². The van der Waals surface area contributed by atoms with Gasteiger partial charge in [0.1, 0.15) is 28.9 Å². The van der Waals surface area contributed by atoms with Crippen molar-refractivity contribution in [2.75, 3.05) is 24.6 Å². The fourth-order valence-electron chi connectivity index (χ4n) is 4.20. The number of rotatable bonds is 12. The van der Waals surface area contributed by atoms with E-state index in [-0.39, 0.29) is 12.4 Å². The molecule has 3 aromatic carbocycles. The van der Waals surface area contributed by atoms with Gasteiger partial charge in [0, 0.05) is 24.3 Å². The molecule has 0 unspecified atom stereocenters. The molecule has 1 N–H and O–H groups in total. The highest BCUT2D eigenvalue weighted by molar-refractivity contribution is 7.15. The first kappa shape index (κ1) is 29.7. The molecule has 0 aliphatic heterocycles. The zero-order valence-electron chi connectivity index (χ0n) is 22.7. The van der Waals surface area contributed by atoms with E-state index in [1.54, 1.807) is 37.3 Å². The minimum atomic E-state index is -4.77. The molecule has 0 saturated carbocycles. The van der Waals surface area contributed by atoms with Crippen molar-refractivity contribution < 1.29 is 37.3 Å². The predicted molar refractivity (Wildman–Crippen MR) is 152 cm³/mol. The summed E-state index contributed by atoms with van der Waals surface area (Å²) in [5.41, 5.74) is 4.06. The highest BCUT2D eigenvalue weighted by Gasteiger charge is 2.31. The van der Waals surface area contributed by atoms with Gasteiger partial charge >= 0.3 is 12.3 Å². The van der Waals surface area contributed by atoms with Crippen LogP contribution in [0.15, 0.2) is 66.7 Å². The number of thiazole rings is 1. The van der Waals surface area contributed by atoms with E-state index in [2.05, 4.69) is 23.5 Å². The number of carboxylic acids is 1. The molecule has 0 radical (unpaired) electrons. The average molecular weight is 587 g/mol. The molecule has 0 atom stereocenters. The lowest BCUT2D eigenvalue weighted by Crippen LogP contribution is -2.21. The number of ether oxygens (including phenoxy) is 3. The Hall–Kier alpha value is -4.25. The van der Waals surface area contributed by atoms with Crippen molar-refractivity contribution in [3.8, 4) is 38.9 Å². The van der Waals surface area contributed by atoms with Gasteiger partial charge in [0.15, 0.2) is 6.61 Å². The molecule has 4 aromatic rings. The molecule has 0 saturated heterocycles. The Kier molecular flexibility index (Phi) is 9.38. The predicted octanol–water partition coefficient (Wildman–Crippen LogP) is 7.57. The zero-order valence-corrected chi connectivity index (χ0v) is 23.5. The lowest BCUT2D eigenvalue weighted by Gasteiger charge is -2.21. The van der Waals surface area contributed by atoms with E-state index in [0.717, 1.165) is 34.8 Å². The highest BCUT2D eigenvalue weighted by atomic mass is 32.1. The summed E-state index contributed by atoms with van der Waals surface area (Å²) in [6, 6.07) is 18.8. The third-order valence-electron chi connectivity index (χ3n) is 6.15. The van der Waals surface area contributed by atoms with Gasteiger partial charge in [-0.25, -0.2) is 9.78 Å². The number of alkyl halides is 3. The molecule has 1 aromatic heterocycles. The molecular formula is C30H29F3N2O5S. The Labute approximate surface area is 239 Å². The van der Waals surface area contributed by atoms with Crippen molar-refractivity contribution in [3.05, 3.63) is 77.3 Å². The van der Waals surface area contributed by atoms with E-state index < -0.39 is 18.9 Å². The van der Waals surface area contributed by atoms with Gasteiger partial charge in [0.25, 0.3) is 0 Å². The van der Waals surface area contributed by atoms with Gasteiger partial charge < -0.3 is 24.2 Å². The Bertz CT molecular complexity index is 1470. The second-order valence-electron chi connectivity index (χ2n) is 8.98. The van der Waals surface area contributed by atoms with Crippen molar-refractivity contribution in [1.29, 1.82) is 0 Å². The highest BCUT2D eigenvalue weighted by Crippen LogP contribution is 2.39. The molecular weight excluding hydrogens is 557 g/mol. The van der Waals surface area contributed by atoms with Gasteiger partial charge in [-0.2, -0.15) is 0 Å². The largest absolute Gasteiger partial charge is 0.573 e. The quantitative estimate of drug-likeness (QED) is 0.183. The fourth-order valence-corrected chi connectivity index (χ4v) is 5.21. The molecule has 1 heterocycles. The molecule has 0 bridgehead atoms. The Balaban J connectivity index is 1.61. The van der Waals surface area contributed by atoms with Gasteiger partial charge in [-0.3, -0.25) is 0 Å². The molecule has 0 aliphatic carbocycles. The van der Waals surface area contributed by atoms with Crippen LogP contribution in [0.2, 0.25) is 0 Å². The molecule has 41 heavy (non-hydrogen) atoms. The second kappa shape index (κ2) is 12.9. The normalized spacial score (nSPS) is 11.3. The van der Waals surface area contributed by atoms with Crippen molar-refractivity contribution in [1.82, 2.24) is 4.98 Å². The van der Waals surface area contributed by atoms with E-state index >= 15 is 0 Å². The summed E-state index contributed by atoms with van der Waals surface area (Å²) in [6.07, 6.45) is -4.77. The van der Waals surface area contributed by atoms with Crippen molar-refractivity contribution in [2.24, 2.45) is 0 Å². The average Bonchev–Trinajstić information content (AvgIpc) is 3.36. The first-order valence-corrected chi connectivity index (χ1v) is 13.7. The lowest BCUT2D eigenvalue weighted by atomic mass is 10.1. The fraction of sp³-hybridized carbons (Fsp3) is 0.267. The number of benzene rings is 3. The second-order valence-corrected chi connectivity index (χ2v) is 10.1. The standard InChI is InChI=1S/C30H29F3N2O5S/c1-4-35(5-2)22-10-6-20(7-11-22)28-29(21-8-12-23(13-9-21)40-30(31,32)33)41-26(34-28)17-38-24-14-15-25(19(3)16-24)39-18-27(36)37/h6-16H,4-5,17-18H2,1-3H3,(H,36,37). The summed E-state index contributed by atoms with van der Waals surface area (Å²) in [7, 11) is 0. The summed E-state index contributed by atoms with van der Waals surface area (Å²) in [6.45, 7) is 7.43. The summed E-state index contributed by atoms with van der Waals surface area (Å²) in [5, 5.41) is 9.50. The van der Waals surface area contributed by atoms with Crippen molar-refractivity contribution >= 4 is 23.0 Å². The van der Waals surface area contributed by atoms with E-state index in [1.807, 2.05) is 24.3 Å². The van der Waals surface area contributed by atoms with E-state index in [1.165, 1.54) is 23.5 Å². The Morgan fingerprint density at radius 1 is 0.927 bits per heavy atom. The van der Waals surface area contributed by atoms with Gasteiger partial charge in [0.2, 0.25) is 0 Å². The van der Waals surface area contributed by atoms with Crippen LogP contribution in [-0.4, -0.2) is 42.1 Å². The number of aliphatic carboxylic acids is 1. The van der Waals surface area contributed by atoms with Crippen LogP contribution >= 0.6 is 11.3 Å². The maximum Gasteiger partial charge on any atom is 0.573 e. The maximum atomic E-state index is 12.7.